The monoisotopic (exact) mass is 291 g/mol. The lowest BCUT2D eigenvalue weighted by Crippen LogP contribution is -2.39. The molecule has 0 saturated heterocycles. The molecule has 1 fully saturated rings. The first-order valence-electron chi connectivity index (χ1n) is 8.22. The molecular formula is C18H29NS. The quantitative estimate of drug-likeness (QED) is 0.707. The molecule has 1 saturated carbocycles. The lowest BCUT2D eigenvalue weighted by molar-refractivity contribution is 0.285. The summed E-state index contributed by atoms with van der Waals surface area (Å²) in [7, 11) is 0. The maximum Gasteiger partial charge on any atom is 0.0189 e. The van der Waals surface area contributed by atoms with E-state index in [4.69, 9.17) is 0 Å². The van der Waals surface area contributed by atoms with E-state index in [1.807, 2.05) is 11.8 Å². The van der Waals surface area contributed by atoms with Gasteiger partial charge in [-0.25, -0.2) is 0 Å². The van der Waals surface area contributed by atoms with Crippen molar-refractivity contribution in [1.82, 2.24) is 5.32 Å². The van der Waals surface area contributed by atoms with Crippen LogP contribution in [0.5, 0.6) is 0 Å². The van der Waals surface area contributed by atoms with Crippen LogP contribution in [0.1, 0.15) is 51.0 Å². The van der Waals surface area contributed by atoms with Crippen LogP contribution in [0.2, 0.25) is 0 Å². The molecule has 112 valence electrons. The second-order valence-electron chi connectivity index (χ2n) is 6.09. The van der Waals surface area contributed by atoms with Gasteiger partial charge in [0.15, 0.2) is 0 Å². The van der Waals surface area contributed by atoms with Crippen LogP contribution in [-0.4, -0.2) is 18.3 Å². The molecule has 1 N–H and O–H groups in total. The van der Waals surface area contributed by atoms with E-state index in [-0.39, 0.29) is 0 Å². The number of hydrogen-bond acceptors (Lipinski definition) is 2. The van der Waals surface area contributed by atoms with Crippen molar-refractivity contribution in [2.24, 2.45) is 5.92 Å². The molecule has 0 aliphatic heterocycles. The topological polar surface area (TPSA) is 12.0 Å². The Hall–Kier alpha value is -0.470. The molecule has 0 heterocycles. The molecule has 2 heteroatoms. The van der Waals surface area contributed by atoms with Crippen molar-refractivity contribution in [3.8, 4) is 0 Å². The minimum atomic E-state index is 0.695. The molecule has 1 nitrogen and oxygen atoms in total. The van der Waals surface area contributed by atoms with Crippen LogP contribution in [-0.2, 0) is 0 Å². The van der Waals surface area contributed by atoms with Gasteiger partial charge < -0.3 is 5.32 Å². The Labute approximate surface area is 128 Å². The molecule has 0 bridgehead atoms. The standard InChI is InChI=1S/C18H29NS/c1-3-12-19-18(16-9-5-4-6-10-16)14-20-17-11-7-8-15(2)13-17/h7-8,11,13,16,18-19H,3-6,9-10,12,14H2,1-2H3. The van der Waals surface area contributed by atoms with Crippen LogP contribution < -0.4 is 5.32 Å². The third-order valence-corrected chi connectivity index (χ3v) is 5.41. The SMILES string of the molecule is CCCNC(CSc1cccc(C)c1)C1CCCCC1. The zero-order valence-electron chi connectivity index (χ0n) is 13.0. The lowest BCUT2D eigenvalue weighted by atomic mass is 9.84. The van der Waals surface area contributed by atoms with Crippen LogP contribution in [0.4, 0.5) is 0 Å². The van der Waals surface area contributed by atoms with Gasteiger partial charge in [-0.2, -0.15) is 0 Å². The molecule has 0 spiro atoms. The maximum atomic E-state index is 3.80. The van der Waals surface area contributed by atoms with Crippen LogP contribution in [0.15, 0.2) is 29.2 Å². The van der Waals surface area contributed by atoms with Crippen molar-refractivity contribution in [2.45, 2.75) is 63.3 Å². The first kappa shape index (κ1) is 15.9. The summed E-state index contributed by atoms with van der Waals surface area (Å²) in [5.74, 6) is 2.11. The highest BCUT2D eigenvalue weighted by Crippen LogP contribution is 2.30. The number of nitrogens with one attached hydrogen (secondary N) is 1. The van der Waals surface area contributed by atoms with Crippen LogP contribution in [0.3, 0.4) is 0 Å². The van der Waals surface area contributed by atoms with Crippen molar-refractivity contribution in [1.29, 1.82) is 0 Å². The Kier molecular flexibility index (Phi) is 6.95. The van der Waals surface area contributed by atoms with E-state index in [0.29, 0.717) is 6.04 Å². The van der Waals surface area contributed by atoms with Crippen LogP contribution in [0, 0.1) is 12.8 Å². The molecule has 1 unspecified atom stereocenters. The Morgan fingerprint density at radius 2 is 2.05 bits per heavy atom. The normalized spacial score (nSPS) is 18.1. The third-order valence-electron chi connectivity index (χ3n) is 4.29. The fourth-order valence-electron chi connectivity index (χ4n) is 3.12. The summed E-state index contributed by atoms with van der Waals surface area (Å²) in [4.78, 5) is 1.42. The predicted octanol–water partition coefficient (Wildman–Crippen LogP) is 5.04. The van der Waals surface area contributed by atoms with Gasteiger partial charge in [-0.3, -0.25) is 0 Å². The Morgan fingerprint density at radius 1 is 1.25 bits per heavy atom. The largest absolute Gasteiger partial charge is 0.313 e. The van der Waals surface area contributed by atoms with Gasteiger partial charge in [-0.15, -0.1) is 11.8 Å². The second kappa shape index (κ2) is 8.74. The molecule has 1 atom stereocenters. The number of hydrogen-bond donors (Lipinski definition) is 1. The summed E-state index contributed by atoms with van der Waals surface area (Å²) >= 11 is 2.02. The van der Waals surface area contributed by atoms with Gasteiger partial charge in [0.1, 0.15) is 0 Å². The van der Waals surface area contributed by atoms with E-state index < -0.39 is 0 Å². The fraction of sp³-hybridized carbons (Fsp3) is 0.667. The van der Waals surface area contributed by atoms with E-state index >= 15 is 0 Å². The molecular weight excluding hydrogens is 262 g/mol. The van der Waals surface area contributed by atoms with Crippen LogP contribution >= 0.6 is 11.8 Å². The van der Waals surface area contributed by atoms with E-state index in [1.165, 1.54) is 54.7 Å². The van der Waals surface area contributed by atoms with Gasteiger partial charge in [0.05, 0.1) is 0 Å². The molecule has 0 aromatic heterocycles. The minimum absolute atomic E-state index is 0.695. The van der Waals surface area contributed by atoms with Crippen LogP contribution in [0.25, 0.3) is 0 Å². The molecule has 1 aliphatic rings. The molecule has 0 amide bonds. The highest BCUT2D eigenvalue weighted by atomic mass is 32.2. The van der Waals surface area contributed by atoms with E-state index in [9.17, 15) is 0 Å². The third kappa shape index (κ3) is 5.14. The summed E-state index contributed by atoms with van der Waals surface area (Å²) in [6, 6.07) is 9.60. The van der Waals surface area contributed by atoms with Gasteiger partial charge in [-0.1, -0.05) is 43.9 Å². The van der Waals surface area contributed by atoms with E-state index in [0.717, 1.165) is 12.5 Å². The first-order valence-corrected chi connectivity index (χ1v) is 9.21. The smallest absolute Gasteiger partial charge is 0.0189 e. The average molecular weight is 292 g/mol. The Morgan fingerprint density at radius 3 is 2.75 bits per heavy atom. The lowest BCUT2D eigenvalue weighted by Gasteiger charge is -2.31. The summed E-state index contributed by atoms with van der Waals surface area (Å²) in [6.45, 7) is 5.60. The Balaban J connectivity index is 1.89. The zero-order valence-corrected chi connectivity index (χ0v) is 13.8. The summed E-state index contributed by atoms with van der Waals surface area (Å²) in [5, 5.41) is 3.80. The van der Waals surface area contributed by atoms with E-state index in [1.54, 1.807) is 0 Å². The number of aryl methyl sites for hydroxylation is 1. The van der Waals surface area contributed by atoms with Crippen molar-refractivity contribution < 1.29 is 0 Å². The average Bonchev–Trinajstić information content (AvgIpc) is 2.48. The molecule has 1 aromatic carbocycles. The van der Waals surface area contributed by atoms with Gasteiger partial charge in [0.2, 0.25) is 0 Å². The molecule has 2 rings (SSSR count). The van der Waals surface area contributed by atoms with Crippen molar-refractivity contribution in [3.63, 3.8) is 0 Å². The first-order chi connectivity index (χ1) is 9.79. The highest BCUT2D eigenvalue weighted by molar-refractivity contribution is 7.99. The summed E-state index contributed by atoms with van der Waals surface area (Å²) in [6.07, 6.45) is 8.40. The second-order valence-corrected chi connectivity index (χ2v) is 7.18. The maximum absolute atomic E-state index is 3.80. The number of thioether (sulfide) groups is 1. The van der Waals surface area contributed by atoms with Crippen molar-refractivity contribution >= 4 is 11.8 Å². The highest BCUT2D eigenvalue weighted by Gasteiger charge is 2.23. The summed E-state index contributed by atoms with van der Waals surface area (Å²) < 4.78 is 0. The number of rotatable bonds is 7. The van der Waals surface area contributed by atoms with Gasteiger partial charge >= 0.3 is 0 Å². The molecule has 0 radical (unpaired) electrons. The predicted molar refractivity (Wildman–Crippen MR) is 90.6 cm³/mol. The molecule has 1 aromatic rings. The van der Waals surface area contributed by atoms with Gasteiger partial charge in [0, 0.05) is 16.7 Å². The minimum Gasteiger partial charge on any atom is -0.313 e. The summed E-state index contributed by atoms with van der Waals surface area (Å²) in [5.41, 5.74) is 1.37. The van der Waals surface area contributed by atoms with Crippen molar-refractivity contribution in [3.05, 3.63) is 29.8 Å². The molecule has 1 aliphatic carbocycles. The zero-order chi connectivity index (χ0) is 14.2. The van der Waals surface area contributed by atoms with Gasteiger partial charge in [-0.05, 0) is 50.8 Å². The van der Waals surface area contributed by atoms with Gasteiger partial charge in [0.25, 0.3) is 0 Å². The number of benzene rings is 1. The molecule has 20 heavy (non-hydrogen) atoms. The Bertz CT molecular complexity index is 385. The van der Waals surface area contributed by atoms with Crippen molar-refractivity contribution in [2.75, 3.05) is 12.3 Å². The fourth-order valence-corrected chi connectivity index (χ4v) is 4.33. The van der Waals surface area contributed by atoms with E-state index in [2.05, 4.69) is 43.4 Å².